The molecule has 0 unspecified atom stereocenters. The van der Waals surface area contributed by atoms with E-state index in [1.165, 1.54) is 6.07 Å². The van der Waals surface area contributed by atoms with Crippen LogP contribution in [0, 0.1) is 11.3 Å². The van der Waals surface area contributed by atoms with Crippen molar-refractivity contribution in [2.45, 2.75) is 18.1 Å². The maximum absolute atomic E-state index is 13.3. The number of halogens is 6. The SMILES string of the molecule is N#Cc1cc2nc(C3(C(F)(F)F)OC=CO3)[nH]c2cc1C(F)(F)F. The lowest BCUT2D eigenvalue weighted by Crippen LogP contribution is -2.44. The molecule has 0 bridgehead atoms. The van der Waals surface area contributed by atoms with Crippen molar-refractivity contribution in [1.29, 1.82) is 5.26 Å². The van der Waals surface area contributed by atoms with Crippen LogP contribution in [0.5, 0.6) is 0 Å². The summed E-state index contributed by atoms with van der Waals surface area (Å²) >= 11 is 0. The predicted octanol–water partition coefficient (Wildman–Crippen LogP) is 3.69. The molecule has 1 aromatic heterocycles. The van der Waals surface area contributed by atoms with Crippen molar-refractivity contribution in [1.82, 2.24) is 9.97 Å². The van der Waals surface area contributed by atoms with Crippen LogP contribution in [0.25, 0.3) is 11.0 Å². The van der Waals surface area contributed by atoms with E-state index in [4.69, 9.17) is 5.26 Å². The zero-order valence-electron chi connectivity index (χ0n) is 11.3. The molecule has 1 aromatic carbocycles. The Hall–Kier alpha value is -2.90. The lowest BCUT2D eigenvalue weighted by atomic mass is 10.1. The van der Waals surface area contributed by atoms with Crippen LogP contribution in [-0.2, 0) is 21.4 Å². The monoisotopic (exact) mass is 349 g/mol. The van der Waals surface area contributed by atoms with E-state index in [1.807, 2.05) is 0 Å². The number of aromatic amines is 1. The Labute approximate surface area is 129 Å². The molecule has 2 aromatic rings. The third-order valence-electron chi connectivity index (χ3n) is 3.26. The number of nitrogens with zero attached hydrogens (tertiary/aromatic N) is 2. The first-order valence-electron chi connectivity index (χ1n) is 6.17. The Morgan fingerprint density at radius 2 is 1.71 bits per heavy atom. The van der Waals surface area contributed by atoms with Crippen LogP contribution in [0.3, 0.4) is 0 Å². The maximum Gasteiger partial charge on any atom is 0.476 e. The Bertz CT molecular complexity index is 867. The van der Waals surface area contributed by atoms with Gasteiger partial charge in [0.1, 0.15) is 12.5 Å². The summed E-state index contributed by atoms with van der Waals surface area (Å²) in [4.78, 5) is 5.70. The van der Waals surface area contributed by atoms with Gasteiger partial charge in [-0.05, 0) is 12.1 Å². The fraction of sp³-hybridized carbons (Fsp3) is 0.231. The molecule has 11 heteroatoms. The first-order chi connectivity index (χ1) is 11.1. The number of fused-ring (bicyclic) bond motifs is 1. The molecule has 3 rings (SSSR count). The van der Waals surface area contributed by atoms with E-state index in [9.17, 15) is 26.3 Å². The Kier molecular flexibility index (Phi) is 3.19. The molecule has 1 N–H and O–H groups in total. The highest BCUT2D eigenvalue weighted by molar-refractivity contribution is 5.78. The zero-order valence-corrected chi connectivity index (χ0v) is 11.3. The molecule has 0 radical (unpaired) electrons. The third-order valence-corrected chi connectivity index (χ3v) is 3.26. The van der Waals surface area contributed by atoms with Gasteiger partial charge in [-0.25, -0.2) is 4.98 Å². The first-order valence-corrected chi connectivity index (χ1v) is 6.17. The van der Waals surface area contributed by atoms with Crippen LogP contribution in [0.15, 0.2) is 24.7 Å². The Morgan fingerprint density at radius 1 is 1.08 bits per heavy atom. The minimum absolute atomic E-state index is 0.266. The summed E-state index contributed by atoms with van der Waals surface area (Å²) in [6, 6.07) is 2.59. The number of alkyl halides is 6. The summed E-state index contributed by atoms with van der Waals surface area (Å²) in [7, 11) is 0. The van der Waals surface area contributed by atoms with Gasteiger partial charge in [-0.3, -0.25) is 0 Å². The highest BCUT2D eigenvalue weighted by Crippen LogP contribution is 2.45. The minimum atomic E-state index is -5.06. The molecular formula is C13H5F6N3O2. The molecule has 0 saturated carbocycles. The van der Waals surface area contributed by atoms with Crippen molar-refractivity contribution in [2.24, 2.45) is 0 Å². The lowest BCUT2D eigenvalue weighted by Gasteiger charge is -2.27. The van der Waals surface area contributed by atoms with Crippen molar-refractivity contribution in [3.8, 4) is 6.07 Å². The topological polar surface area (TPSA) is 70.9 Å². The van der Waals surface area contributed by atoms with E-state index in [2.05, 4.69) is 19.4 Å². The molecule has 0 fully saturated rings. The van der Waals surface area contributed by atoms with Crippen molar-refractivity contribution < 1.29 is 35.8 Å². The van der Waals surface area contributed by atoms with Crippen LogP contribution in [-0.4, -0.2) is 16.1 Å². The van der Waals surface area contributed by atoms with Gasteiger partial charge < -0.3 is 14.5 Å². The molecule has 0 atom stereocenters. The molecule has 5 nitrogen and oxygen atoms in total. The second-order valence-corrected chi connectivity index (χ2v) is 4.73. The first kappa shape index (κ1) is 16.0. The number of hydrogen-bond acceptors (Lipinski definition) is 4. The van der Waals surface area contributed by atoms with Gasteiger partial charge in [-0.2, -0.15) is 31.6 Å². The van der Waals surface area contributed by atoms with Gasteiger partial charge >= 0.3 is 18.1 Å². The number of nitrogens with one attached hydrogen (secondary N) is 1. The fourth-order valence-electron chi connectivity index (χ4n) is 2.19. The van der Waals surface area contributed by atoms with Gasteiger partial charge in [0.2, 0.25) is 5.82 Å². The molecule has 2 heterocycles. The number of rotatable bonds is 1. The molecule has 126 valence electrons. The fourth-order valence-corrected chi connectivity index (χ4v) is 2.19. The third kappa shape index (κ3) is 2.22. The quantitative estimate of drug-likeness (QED) is 0.797. The van der Waals surface area contributed by atoms with Gasteiger partial charge in [0.05, 0.1) is 28.2 Å². The lowest BCUT2D eigenvalue weighted by molar-refractivity contribution is -0.348. The summed E-state index contributed by atoms with van der Waals surface area (Å²) < 4.78 is 87.4. The largest absolute Gasteiger partial charge is 0.476 e. The Morgan fingerprint density at radius 3 is 2.21 bits per heavy atom. The summed E-state index contributed by atoms with van der Waals surface area (Å²) in [5, 5.41) is 8.81. The van der Waals surface area contributed by atoms with Crippen molar-refractivity contribution in [3.05, 3.63) is 41.6 Å². The van der Waals surface area contributed by atoms with E-state index in [0.29, 0.717) is 18.6 Å². The highest BCUT2D eigenvalue weighted by atomic mass is 19.4. The van der Waals surface area contributed by atoms with E-state index in [-0.39, 0.29) is 11.0 Å². The molecule has 0 saturated heterocycles. The molecule has 0 spiro atoms. The van der Waals surface area contributed by atoms with Crippen molar-refractivity contribution in [2.75, 3.05) is 0 Å². The number of hydrogen-bond donors (Lipinski definition) is 1. The minimum Gasteiger partial charge on any atom is -0.444 e. The average Bonchev–Trinajstić information content (AvgIpc) is 3.10. The van der Waals surface area contributed by atoms with Gasteiger partial charge in [-0.15, -0.1) is 0 Å². The summed E-state index contributed by atoms with van der Waals surface area (Å²) in [6.07, 6.45) is -8.63. The molecule has 1 aliphatic rings. The summed E-state index contributed by atoms with van der Waals surface area (Å²) in [5.74, 6) is -4.17. The highest BCUT2D eigenvalue weighted by Gasteiger charge is 2.65. The predicted molar refractivity (Wildman–Crippen MR) is 64.9 cm³/mol. The summed E-state index contributed by atoms with van der Waals surface area (Å²) in [5.41, 5.74) is -2.67. The smallest absolute Gasteiger partial charge is 0.444 e. The number of benzene rings is 1. The normalized spacial score (nSPS) is 16.7. The second kappa shape index (κ2) is 4.80. The van der Waals surface area contributed by atoms with Crippen LogP contribution in [0.1, 0.15) is 17.0 Å². The van der Waals surface area contributed by atoms with E-state index in [0.717, 1.165) is 6.07 Å². The number of aromatic nitrogens is 2. The van der Waals surface area contributed by atoms with Crippen LogP contribution >= 0.6 is 0 Å². The zero-order chi connectivity index (χ0) is 17.8. The molecular weight excluding hydrogens is 344 g/mol. The molecule has 24 heavy (non-hydrogen) atoms. The van der Waals surface area contributed by atoms with E-state index < -0.39 is 35.1 Å². The Balaban J connectivity index is 2.21. The second-order valence-electron chi connectivity index (χ2n) is 4.73. The summed E-state index contributed by atoms with van der Waals surface area (Å²) in [6.45, 7) is 0. The number of ether oxygens (including phenoxy) is 2. The molecule has 1 aliphatic heterocycles. The standard InChI is InChI=1S/C13H5F6N3O2/c14-12(15,16)7-4-9-8(3-6(7)5-20)21-10(22-9)11(13(17,18)19)23-1-2-24-11/h1-4H,(H,21,22). The van der Waals surface area contributed by atoms with Crippen LogP contribution < -0.4 is 0 Å². The van der Waals surface area contributed by atoms with Crippen molar-refractivity contribution >= 4 is 11.0 Å². The van der Waals surface area contributed by atoms with Crippen LogP contribution in [0.2, 0.25) is 0 Å². The van der Waals surface area contributed by atoms with Gasteiger partial charge in [0.25, 0.3) is 0 Å². The number of imidazole rings is 1. The molecule has 0 aliphatic carbocycles. The van der Waals surface area contributed by atoms with E-state index >= 15 is 0 Å². The number of nitriles is 1. The van der Waals surface area contributed by atoms with Crippen LogP contribution in [0.4, 0.5) is 26.3 Å². The van der Waals surface area contributed by atoms with Gasteiger partial charge in [-0.1, -0.05) is 0 Å². The van der Waals surface area contributed by atoms with E-state index in [1.54, 1.807) is 0 Å². The number of H-pyrrole nitrogens is 1. The van der Waals surface area contributed by atoms with Gasteiger partial charge in [0.15, 0.2) is 0 Å². The average molecular weight is 349 g/mol. The maximum atomic E-state index is 13.3. The molecule has 0 amide bonds. The van der Waals surface area contributed by atoms with Gasteiger partial charge in [0, 0.05) is 0 Å². The van der Waals surface area contributed by atoms with Crippen molar-refractivity contribution in [3.63, 3.8) is 0 Å².